The molecule has 0 aliphatic carbocycles. The van der Waals surface area contributed by atoms with Crippen LogP contribution in [0.1, 0.15) is 12.5 Å². The highest BCUT2D eigenvalue weighted by atomic mass is 127. The molecule has 0 spiro atoms. The van der Waals surface area contributed by atoms with E-state index in [1.165, 1.54) is 17.8 Å². The molecule has 36 heavy (non-hydrogen) atoms. The van der Waals surface area contributed by atoms with E-state index < -0.39 is 12.1 Å². The van der Waals surface area contributed by atoms with Crippen LogP contribution in [0.4, 0.5) is 0 Å². The third-order valence-corrected chi connectivity index (χ3v) is 6.72. The average molecular weight is 658 g/mol. The lowest BCUT2D eigenvalue weighted by Gasteiger charge is -2.12. The fraction of sp³-hybridized carbons (Fsp3) is 0.0769. The summed E-state index contributed by atoms with van der Waals surface area (Å²) in [6.45, 7) is 1.46. The van der Waals surface area contributed by atoms with Crippen molar-refractivity contribution in [3.63, 3.8) is 0 Å². The van der Waals surface area contributed by atoms with E-state index in [2.05, 4.69) is 48.6 Å². The highest BCUT2D eigenvalue weighted by Gasteiger charge is 2.17. The molecular formula is C26H17BrIN3O5. The molecule has 5 aromatic rings. The van der Waals surface area contributed by atoms with E-state index in [0.717, 1.165) is 9.86 Å². The number of nitrogens with zero attached hydrogens (tertiary/aromatic N) is 3. The van der Waals surface area contributed by atoms with E-state index >= 15 is 0 Å². The summed E-state index contributed by atoms with van der Waals surface area (Å²) >= 11 is 5.53. The topological polar surface area (TPSA) is 107 Å². The van der Waals surface area contributed by atoms with Gasteiger partial charge in [-0.15, -0.1) is 0 Å². The fourth-order valence-corrected chi connectivity index (χ4v) is 4.62. The van der Waals surface area contributed by atoms with Gasteiger partial charge in [0, 0.05) is 9.86 Å². The van der Waals surface area contributed by atoms with Crippen molar-refractivity contribution in [3.8, 4) is 17.3 Å². The first-order valence-corrected chi connectivity index (χ1v) is 12.6. The van der Waals surface area contributed by atoms with Crippen LogP contribution in [0.2, 0.25) is 0 Å². The molecule has 0 fully saturated rings. The smallest absolute Gasteiger partial charge is 0.344 e. The Labute approximate surface area is 226 Å². The Morgan fingerprint density at radius 2 is 2.00 bits per heavy atom. The van der Waals surface area contributed by atoms with Crippen LogP contribution in [-0.4, -0.2) is 33.1 Å². The summed E-state index contributed by atoms with van der Waals surface area (Å²) in [5.41, 5.74) is 1.55. The Kier molecular flexibility index (Phi) is 6.63. The zero-order valence-corrected chi connectivity index (χ0v) is 22.4. The summed E-state index contributed by atoms with van der Waals surface area (Å²) < 4.78 is 14.3. The molecule has 0 amide bonds. The summed E-state index contributed by atoms with van der Waals surface area (Å²) in [6, 6.07) is 19.7. The second-order valence-electron chi connectivity index (χ2n) is 7.90. The Balaban J connectivity index is 1.59. The average Bonchev–Trinajstić information content (AvgIpc) is 3.28. The molecule has 0 aliphatic rings. The van der Waals surface area contributed by atoms with Crippen molar-refractivity contribution in [1.29, 1.82) is 0 Å². The normalized spacial score (nSPS) is 12.4. The number of aromatic nitrogens is 2. The lowest BCUT2D eigenvalue weighted by molar-refractivity contribution is -0.144. The number of hydrogen-bond donors (Lipinski definition) is 1. The number of benzene rings is 3. The maximum absolute atomic E-state index is 13.4. The molecule has 5 rings (SSSR count). The van der Waals surface area contributed by atoms with Crippen molar-refractivity contribution in [2.45, 2.75) is 13.0 Å². The molecule has 8 nitrogen and oxygen atoms in total. The minimum Gasteiger partial charge on any atom is -0.479 e. The first-order chi connectivity index (χ1) is 17.3. The van der Waals surface area contributed by atoms with Gasteiger partial charge < -0.3 is 14.3 Å². The van der Waals surface area contributed by atoms with Crippen LogP contribution in [0.15, 0.2) is 85.5 Å². The molecule has 2 aromatic heterocycles. The van der Waals surface area contributed by atoms with Crippen LogP contribution < -0.4 is 10.3 Å². The third kappa shape index (κ3) is 4.78. The Morgan fingerprint density at radius 3 is 2.78 bits per heavy atom. The fourth-order valence-electron chi connectivity index (χ4n) is 3.57. The van der Waals surface area contributed by atoms with Crippen molar-refractivity contribution >= 4 is 72.6 Å². The molecule has 10 heteroatoms. The number of rotatable bonds is 6. The molecule has 1 N–H and O–H groups in total. The van der Waals surface area contributed by atoms with Gasteiger partial charge in [-0.05, 0) is 89.7 Å². The summed E-state index contributed by atoms with van der Waals surface area (Å²) in [4.78, 5) is 29.2. The van der Waals surface area contributed by atoms with Gasteiger partial charge in [0.1, 0.15) is 11.3 Å². The van der Waals surface area contributed by atoms with Gasteiger partial charge >= 0.3 is 5.97 Å². The second kappa shape index (κ2) is 9.86. The minimum absolute atomic E-state index is 0.271. The summed E-state index contributed by atoms with van der Waals surface area (Å²) in [5, 5.41) is 14.8. The predicted octanol–water partition coefficient (Wildman–Crippen LogP) is 5.91. The molecule has 0 saturated heterocycles. The Morgan fingerprint density at radius 1 is 1.19 bits per heavy atom. The molecule has 0 aliphatic heterocycles. The highest BCUT2D eigenvalue weighted by Crippen LogP contribution is 2.29. The van der Waals surface area contributed by atoms with Crippen LogP contribution in [0.5, 0.6) is 5.75 Å². The summed E-state index contributed by atoms with van der Waals surface area (Å²) in [6.07, 6.45) is 0.556. The van der Waals surface area contributed by atoms with Crippen molar-refractivity contribution in [2.75, 3.05) is 0 Å². The number of carboxylic acid groups (broad SMARTS) is 1. The lowest BCUT2D eigenvalue weighted by Crippen LogP contribution is -2.23. The van der Waals surface area contributed by atoms with Gasteiger partial charge in [-0.3, -0.25) is 4.79 Å². The monoisotopic (exact) mass is 657 g/mol. The Hall–Kier alpha value is -3.51. The van der Waals surface area contributed by atoms with Crippen LogP contribution >= 0.6 is 38.5 Å². The number of ether oxygens (including phenoxy) is 1. The number of aliphatic carboxylic acids is 1. The number of para-hydroxylation sites is 1. The van der Waals surface area contributed by atoms with Crippen LogP contribution in [-0.2, 0) is 4.79 Å². The zero-order chi connectivity index (χ0) is 25.4. The maximum atomic E-state index is 13.4. The van der Waals surface area contributed by atoms with Gasteiger partial charge in [0.05, 0.1) is 20.7 Å². The van der Waals surface area contributed by atoms with E-state index in [4.69, 9.17) is 14.3 Å². The first-order valence-electron chi connectivity index (χ1n) is 10.7. The first kappa shape index (κ1) is 24.2. The molecular weight excluding hydrogens is 641 g/mol. The predicted molar refractivity (Wildman–Crippen MR) is 149 cm³/mol. The SMILES string of the molecule is C[C@H](Oc1ccc(C=Nn2c(-c3cc4cc(Br)ccc4o3)nc3ccccc3c2=O)cc1I)C(=O)O. The molecule has 180 valence electrons. The van der Waals surface area contributed by atoms with E-state index in [9.17, 15) is 9.59 Å². The zero-order valence-electron chi connectivity index (χ0n) is 18.7. The third-order valence-electron chi connectivity index (χ3n) is 5.38. The Bertz CT molecular complexity index is 1730. The van der Waals surface area contributed by atoms with Gasteiger partial charge in [-0.25, -0.2) is 9.78 Å². The standard InChI is InChI=1S/C26H17BrIN3O5/c1-14(26(33)34)35-22-8-6-15(10-19(22)28)13-29-31-24(30-20-5-3-2-4-18(20)25(31)32)23-12-16-11-17(27)7-9-21(16)36-23/h2-14H,1H3,(H,33,34)/t14-/m0/s1. The van der Waals surface area contributed by atoms with Crippen molar-refractivity contribution < 1.29 is 19.1 Å². The summed E-state index contributed by atoms with van der Waals surface area (Å²) in [7, 11) is 0. The molecule has 3 aromatic carbocycles. The lowest BCUT2D eigenvalue weighted by atomic mass is 10.2. The van der Waals surface area contributed by atoms with Crippen LogP contribution in [0, 0.1) is 3.57 Å². The number of fused-ring (bicyclic) bond motifs is 2. The van der Waals surface area contributed by atoms with E-state index in [1.54, 1.807) is 36.4 Å². The van der Waals surface area contributed by atoms with Gasteiger partial charge in [0.25, 0.3) is 5.56 Å². The molecule has 0 saturated carbocycles. The number of furan rings is 1. The van der Waals surface area contributed by atoms with E-state index in [1.807, 2.05) is 30.3 Å². The minimum atomic E-state index is -1.05. The van der Waals surface area contributed by atoms with Crippen molar-refractivity contribution in [2.24, 2.45) is 5.10 Å². The largest absolute Gasteiger partial charge is 0.479 e. The van der Waals surface area contributed by atoms with Crippen LogP contribution in [0.3, 0.4) is 0 Å². The maximum Gasteiger partial charge on any atom is 0.344 e. The van der Waals surface area contributed by atoms with Crippen LogP contribution in [0.25, 0.3) is 33.5 Å². The molecule has 1 atom stereocenters. The second-order valence-corrected chi connectivity index (χ2v) is 9.97. The highest BCUT2D eigenvalue weighted by molar-refractivity contribution is 14.1. The van der Waals surface area contributed by atoms with Crippen molar-refractivity contribution in [1.82, 2.24) is 9.66 Å². The molecule has 0 bridgehead atoms. The van der Waals surface area contributed by atoms with Gasteiger partial charge in [0.2, 0.25) is 5.82 Å². The molecule has 2 heterocycles. The van der Waals surface area contributed by atoms with Gasteiger partial charge in [-0.2, -0.15) is 9.78 Å². The molecule has 0 unspecified atom stereocenters. The number of carbonyl (C=O) groups is 1. The van der Waals surface area contributed by atoms with Crippen molar-refractivity contribution in [3.05, 3.63) is 90.7 Å². The van der Waals surface area contributed by atoms with Gasteiger partial charge in [-0.1, -0.05) is 28.1 Å². The number of halogens is 2. The quantitative estimate of drug-likeness (QED) is 0.180. The van der Waals surface area contributed by atoms with E-state index in [0.29, 0.717) is 37.1 Å². The summed E-state index contributed by atoms with van der Waals surface area (Å²) in [5.74, 6) is 0.0719. The number of carboxylic acids is 1. The van der Waals surface area contributed by atoms with Gasteiger partial charge in [0.15, 0.2) is 11.9 Å². The van der Waals surface area contributed by atoms with E-state index in [-0.39, 0.29) is 11.4 Å². The molecule has 0 radical (unpaired) electrons. The number of hydrogen-bond acceptors (Lipinski definition) is 6.